The molecule has 4 aromatic rings. The van der Waals surface area contributed by atoms with Gasteiger partial charge in [0.25, 0.3) is 0 Å². The van der Waals surface area contributed by atoms with Crippen LogP contribution < -0.4 is 4.74 Å². The largest absolute Gasteiger partial charge is 0.510 e. The van der Waals surface area contributed by atoms with Crippen LogP contribution in [0, 0.1) is 11.3 Å². The quantitative estimate of drug-likeness (QED) is 0.252. The fourth-order valence-electron chi connectivity index (χ4n) is 3.24. The second-order valence-corrected chi connectivity index (χ2v) is 7.52. The molecule has 0 spiro atoms. The summed E-state index contributed by atoms with van der Waals surface area (Å²) in [6, 6.07) is 17.1. The number of ether oxygens (including phenoxy) is 1. The topological polar surface area (TPSA) is 113 Å². The van der Waals surface area contributed by atoms with Crippen LogP contribution in [0.4, 0.5) is 0 Å². The predicted molar refractivity (Wildman–Crippen MR) is 120 cm³/mol. The van der Waals surface area contributed by atoms with Crippen LogP contribution >= 0.6 is 11.8 Å². The molecule has 0 aliphatic heterocycles. The monoisotopic (exact) mass is 432 g/mol. The highest BCUT2D eigenvalue weighted by atomic mass is 32.2. The number of para-hydroxylation sites is 3. The minimum Gasteiger partial charge on any atom is -0.510 e. The molecule has 0 radical (unpaired) electrons. The minimum absolute atomic E-state index is 0.0731. The van der Waals surface area contributed by atoms with Gasteiger partial charge in [-0.3, -0.25) is 0 Å². The smallest absolute Gasteiger partial charge is 0.191 e. The maximum Gasteiger partial charge on any atom is 0.191 e. The molecule has 2 aromatic carbocycles. The third-order valence-electron chi connectivity index (χ3n) is 4.75. The number of methoxy groups -OCH3 is 1. The number of aromatic amines is 1. The van der Waals surface area contributed by atoms with E-state index in [1.807, 2.05) is 60.0 Å². The SMILES string of the molecule is CCn1c(SCC(O)=C(C#N)c2nc3ccccc3[nH]2)nnc1-c1ccccc1OC. The fourth-order valence-corrected chi connectivity index (χ4v) is 4.12. The highest BCUT2D eigenvalue weighted by Crippen LogP contribution is 2.31. The van der Waals surface area contributed by atoms with Crippen LogP contribution in [0.25, 0.3) is 28.0 Å². The van der Waals surface area contributed by atoms with Crippen molar-refractivity contribution < 1.29 is 9.84 Å². The Morgan fingerprint density at radius 3 is 2.71 bits per heavy atom. The number of H-pyrrole nitrogens is 1. The van der Waals surface area contributed by atoms with E-state index in [0.29, 0.717) is 29.1 Å². The van der Waals surface area contributed by atoms with Gasteiger partial charge in [-0.25, -0.2) is 4.98 Å². The first kappa shape index (κ1) is 20.5. The summed E-state index contributed by atoms with van der Waals surface area (Å²) < 4.78 is 7.39. The summed E-state index contributed by atoms with van der Waals surface area (Å²) >= 11 is 1.30. The Labute approximate surface area is 183 Å². The number of aromatic nitrogens is 5. The number of allylic oxidation sites excluding steroid dienone is 1. The first-order valence-corrected chi connectivity index (χ1v) is 10.6. The van der Waals surface area contributed by atoms with Gasteiger partial charge in [0.2, 0.25) is 0 Å². The number of hydrogen-bond acceptors (Lipinski definition) is 7. The summed E-state index contributed by atoms with van der Waals surface area (Å²) in [5.41, 5.74) is 2.48. The first-order valence-electron chi connectivity index (χ1n) is 9.63. The summed E-state index contributed by atoms with van der Waals surface area (Å²) in [4.78, 5) is 7.48. The molecule has 2 heterocycles. The Kier molecular flexibility index (Phi) is 5.91. The van der Waals surface area contributed by atoms with E-state index in [2.05, 4.69) is 26.2 Å². The van der Waals surface area contributed by atoms with Crippen LogP contribution in [-0.2, 0) is 6.54 Å². The number of thioether (sulfide) groups is 1. The predicted octanol–water partition coefficient (Wildman–Crippen LogP) is 4.43. The number of benzene rings is 2. The lowest BCUT2D eigenvalue weighted by Gasteiger charge is -2.10. The van der Waals surface area contributed by atoms with E-state index >= 15 is 0 Å². The first-order chi connectivity index (χ1) is 15.2. The molecule has 0 amide bonds. The molecule has 4 rings (SSSR count). The third-order valence-corrected chi connectivity index (χ3v) is 5.72. The molecule has 9 heteroatoms. The molecule has 156 valence electrons. The molecule has 2 N–H and O–H groups in total. The summed E-state index contributed by atoms with van der Waals surface area (Å²) in [5, 5.41) is 29.5. The van der Waals surface area contributed by atoms with Crippen LogP contribution in [0.2, 0.25) is 0 Å². The van der Waals surface area contributed by atoms with E-state index in [4.69, 9.17) is 4.74 Å². The normalized spacial score (nSPS) is 11.9. The molecule has 0 aliphatic rings. The van der Waals surface area contributed by atoms with Crippen molar-refractivity contribution in [2.45, 2.75) is 18.6 Å². The number of aliphatic hydroxyl groups is 1. The van der Waals surface area contributed by atoms with Gasteiger partial charge in [-0.1, -0.05) is 36.0 Å². The zero-order valence-electron chi connectivity index (χ0n) is 17.0. The third kappa shape index (κ3) is 3.98. The molecule has 0 saturated carbocycles. The van der Waals surface area contributed by atoms with Gasteiger partial charge in [0.1, 0.15) is 23.2 Å². The molecule has 0 aliphatic carbocycles. The molecular formula is C22H20N6O2S. The van der Waals surface area contributed by atoms with E-state index in [1.165, 1.54) is 11.8 Å². The molecule has 0 fully saturated rings. The van der Waals surface area contributed by atoms with Crippen molar-refractivity contribution in [1.82, 2.24) is 24.7 Å². The lowest BCUT2D eigenvalue weighted by Crippen LogP contribution is -2.02. The number of aliphatic hydroxyl groups excluding tert-OH is 1. The number of nitrogens with zero attached hydrogens (tertiary/aromatic N) is 5. The van der Waals surface area contributed by atoms with Crippen molar-refractivity contribution in [3.8, 4) is 23.2 Å². The number of fused-ring (bicyclic) bond motifs is 1. The van der Waals surface area contributed by atoms with Gasteiger partial charge in [0.05, 0.1) is 29.5 Å². The molecule has 0 bridgehead atoms. The average molecular weight is 433 g/mol. The molecule has 8 nitrogen and oxygen atoms in total. The summed E-state index contributed by atoms with van der Waals surface area (Å²) in [6.45, 7) is 2.64. The fraction of sp³-hybridized carbons (Fsp3) is 0.182. The van der Waals surface area contributed by atoms with Crippen molar-refractivity contribution in [3.63, 3.8) is 0 Å². The van der Waals surface area contributed by atoms with E-state index < -0.39 is 0 Å². The Morgan fingerprint density at radius 2 is 1.97 bits per heavy atom. The van der Waals surface area contributed by atoms with E-state index in [9.17, 15) is 10.4 Å². The molecular weight excluding hydrogens is 412 g/mol. The zero-order valence-corrected chi connectivity index (χ0v) is 17.8. The number of hydrogen-bond donors (Lipinski definition) is 2. The van der Waals surface area contributed by atoms with E-state index in [1.54, 1.807) is 7.11 Å². The minimum atomic E-state index is -0.0731. The summed E-state index contributed by atoms with van der Waals surface area (Å²) in [6.07, 6.45) is 0. The maximum atomic E-state index is 10.6. The van der Waals surface area contributed by atoms with Crippen molar-refractivity contribution >= 4 is 28.4 Å². The molecule has 0 atom stereocenters. The van der Waals surface area contributed by atoms with Crippen LogP contribution in [0.15, 0.2) is 59.4 Å². The molecule has 0 saturated heterocycles. The number of rotatable bonds is 7. The summed E-state index contributed by atoms with van der Waals surface area (Å²) in [7, 11) is 1.62. The standard InChI is InChI=1S/C22H20N6O2S/c1-3-28-21(14-8-4-7-11-19(14)30-2)26-27-22(28)31-13-18(29)15(12-23)20-24-16-9-5-6-10-17(16)25-20/h4-11,29H,3,13H2,1-2H3,(H,24,25). The van der Waals surface area contributed by atoms with Gasteiger partial charge in [0, 0.05) is 6.54 Å². The lowest BCUT2D eigenvalue weighted by atomic mass is 10.2. The number of nitrogens with one attached hydrogen (secondary N) is 1. The Morgan fingerprint density at radius 1 is 1.19 bits per heavy atom. The second kappa shape index (κ2) is 8.93. The average Bonchev–Trinajstić information content (AvgIpc) is 3.41. The maximum absolute atomic E-state index is 10.6. The molecule has 31 heavy (non-hydrogen) atoms. The Hall–Kier alpha value is -3.77. The van der Waals surface area contributed by atoms with Crippen molar-refractivity contribution in [2.24, 2.45) is 0 Å². The zero-order chi connectivity index (χ0) is 21.8. The van der Waals surface area contributed by atoms with Crippen LogP contribution in [-0.4, -0.2) is 42.7 Å². The van der Waals surface area contributed by atoms with Crippen molar-refractivity contribution in [2.75, 3.05) is 12.9 Å². The summed E-state index contributed by atoms with van der Waals surface area (Å²) in [5.74, 6) is 1.82. The van der Waals surface area contributed by atoms with Gasteiger partial charge in [-0.05, 0) is 31.2 Å². The molecule has 2 aromatic heterocycles. The highest BCUT2D eigenvalue weighted by Gasteiger charge is 2.18. The van der Waals surface area contributed by atoms with Crippen LogP contribution in [0.3, 0.4) is 0 Å². The number of nitriles is 1. The molecule has 0 unspecified atom stereocenters. The van der Waals surface area contributed by atoms with E-state index in [0.717, 1.165) is 16.6 Å². The van der Waals surface area contributed by atoms with Gasteiger partial charge in [-0.15, -0.1) is 10.2 Å². The number of imidazole rings is 1. The van der Waals surface area contributed by atoms with Crippen LogP contribution in [0.1, 0.15) is 12.7 Å². The van der Waals surface area contributed by atoms with Gasteiger partial charge < -0.3 is 19.4 Å². The lowest BCUT2D eigenvalue weighted by molar-refractivity contribution is 0.415. The van der Waals surface area contributed by atoms with Crippen molar-refractivity contribution in [3.05, 3.63) is 60.1 Å². The van der Waals surface area contributed by atoms with E-state index in [-0.39, 0.29) is 17.1 Å². The van der Waals surface area contributed by atoms with Gasteiger partial charge in [-0.2, -0.15) is 5.26 Å². The van der Waals surface area contributed by atoms with Crippen molar-refractivity contribution in [1.29, 1.82) is 5.26 Å². The van der Waals surface area contributed by atoms with Gasteiger partial charge in [0.15, 0.2) is 16.8 Å². The Bertz CT molecular complexity index is 1270. The van der Waals surface area contributed by atoms with Gasteiger partial charge >= 0.3 is 0 Å². The highest BCUT2D eigenvalue weighted by molar-refractivity contribution is 7.99. The second-order valence-electron chi connectivity index (χ2n) is 6.58. The Balaban J connectivity index is 1.61. The van der Waals surface area contributed by atoms with Crippen LogP contribution in [0.5, 0.6) is 5.75 Å².